The normalized spacial score (nSPS) is 15.1. The third-order valence-electron chi connectivity index (χ3n) is 5.52. The summed E-state index contributed by atoms with van der Waals surface area (Å²) in [6.45, 7) is 0. The lowest BCUT2D eigenvalue weighted by Crippen LogP contribution is -2.17. The van der Waals surface area contributed by atoms with Crippen molar-refractivity contribution in [3.05, 3.63) is 81.5 Å². The Morgan fingerprint density at radius 1 is 1.19 bits per heavy atom. The summed E-state index contributed by atoms with van der Waals surface area (Å²) in [5.74, 6) is -1.43. The molecule has 0 radical (unpaired) electrons. The zero-order chi connectivity index (χ0) is 22.0. The highest BCUT2D eigenvalue weighted by Crippen LogP contribution is 2.40. The molecule has 160 valence electrons. The molecule has 1 aromatic heterocycles. The van der Waals surface area contributed by atoms with Gasteiger partial charge in [0.1, 0.15) is 5.00 Å². The predicted molar refractivity (Wildman–Crippen MR) is 126 cm³/mol. The van der Waals surface area contributed by atoms with E-state index in [-0.39, 0.29) is 17.2 Å². The lowest BCUT2D eigenvalue weighted by atomic mass is 9.80. The van der Waals surface area contributed by atoms with Crippen LogP contribution in [0, 0.1) is 5.82 Å². The van der Waals surface area contributed by atoms with E-state index in [1.807, 2.05) is 17.5 Å². The van der Waals surface area contributed by atoms with Gasteiger partial charge in [0.05, 0.1) is 12.7 Å². The molecule has 1 N–H and O–H groups in total. The number of thiophene rings is 1. The molecule has 0 saturated carbocycles. The second-order valence-electron chi connectivity index (χ2n) is 7.27. The van der Waals surface area contributed by atoms with Crippen LogP contribution < -0.4 is 10.1 Å². The van der Waals surface area contributed by atoms with E-state index in [1.54, 1.807) is 23.0 Å². The van der Waals surface area contributed by atoms with Crippen molar-refractivity contribution < 1.29 is 21.8 Å². The summed E-state index contributed by atoms with van der Waals surface area (Å²) in [7, 11) is 1.36. The number of carbonyl (C=O) groups excluding carboxylic acids is 2. The highest BCUT2D eigenvalue weighted by molar-refractivity contribution is 14.1. The fourth-order valence-electron chi connectivity index (χ4n) is 3.96. The first-order valence-corrected chi connectivity index (χ1v) is 11.4. The number of hydrogen-bond donors (Lipinski definition) is 1. The molecule has 4 rings (SSSR count). The second kappa shape index (κ2) is 9.35. The number of ether oxygens (including phenoxy) is 1. The minimum Gasteiger partial charge on any atom is -0.494 e. The Kier molecular flexibility index (Phi) is 6.57. The van der Waals surface area contributed by atoms with E-state index in [0.29, 0.717) is 10.6 Å². The zero-order valence-electron chi connectivity index (χ0n) is 16.6. The van der Waals surface area contributed by atoms with Crippen LogP contribution in [-0.2, 0) is 15.9 Å². The van der Waals surface area contributed by atoms with E-state index in [2.05, 4.69) is 17.4 Å². The molecule has 1 amide bonds. The van der Waals surface area contributed by atoms with Gasteiger partial charge in [-0.2, -0.15) is 0 Å². The van der Waals surface area contributed by atoms with Crippen LogP contribution in [0.25, 0.3) is 0 Å². The summed E-state index contributed by atoms with van der Waals surface area (Å²) in [6.07, 6.45) is 2.67. The van der Waals surface area contributed by atoms with Gasteiger partial charge in [0.15, 0.2) is 34.6 Å². The standard InChI is InChI=1S/C23H19FINO4S/c1-29-19-9-8-16(11-18(19)24)21(27)26-22-20(23(28)30-25)17(12-31-22)15-7-6-13-4-2-3-5-14(13)10-15/h2-5,8-9,11-12,15H,6-7,10H2,1H3,(H,26,27). The van der Waals surface area contributed by atoms with E-state index < -0.39 is 17.7 Å². The van der Waals surface area contributed by atoms with Crippen molar-refractivity contribution in [3.8, 4) is 5.75 Å². The van der Waals surface area contributed by atoms with E-state index >= 15 is 0 Å². The maximum Gasteiger partial charge on any atom is 0.350 e. The number of carbonyl (C=O) groups is 2. The van der Waals surface area contributed by atoms with Gasteiger partial charge in [0.25, 0.3) is 5.91 Å². The molecule has 31 heavy (non-hydrogen) atoms. The van der Waals surface area contributed by atoms with Crippen LogP contribution in [0.3, 0.4) is 0 Å². The van der Waals surface area contributed by atoms with Gasteiger partial charge < -0.3 is 13.1 Å². The molecule has 1 aliphatic carbocycles. The van der Waals surface area contributed by atoms with Gasteiger partial charge in [-0.15, -0.1) is 11.3 Å². The van der Waals surface area contributed by atoms with Crippen molar-refractivity contribution in [2.24, 2.45) is 0 Å². The van der Waals surface area contributed by atoms with Gasteiger partial charge in [-0.3, -0.25) is 4.79 Å². The quantitative estimate of drug-likeness (QED) is 0.400. The fraction of sp³-hybridized carbons (Fsp3) is 0.217. The topological polar surface area (TPSA) is 64.6 Å². The molecule has 1 atom stereocenters. The van der Waals surface area contributed by atoms with E-state index in [0.717, 1.165) is 30.9 Å². The fourth-order valence-corrected chi connectivity index (χ4v) is 5.20. The molecule has 3 aromatic rings. The number of aryl methyl sites for hydroxylation is 1. The van der Waals surface area contributed by atoms with E-state index in [1.165, 1.54) is 41.7 Å². The summed E-state index contributed by atoms with van der Waals surface area (Å²) < 4.78 is 23.9. The van der Waals surface area contributed by atoms with Gasteiger partial charge in [-0.05, 0) is 65.4 Å². The van der Waals surface area contributed by atoms with Crippen LogP contribution >= 0.6 is 34.3 Å². The molecule has 1 heterocycles. The average molecular weight is 551 g/mol. The molecule has 8 heteroatoms. The molecule has 2 aromatic carbocycles. The zero-order valence-corrected chi connectivity index (χ0v) is 19.6. The maximum atomic E-state index is 14.0. The van der Waals surface area contributed by atoms with Crippen molar-refractivity contribution >= 4 is 51.2 Å². The number of amides is 1. The molecular formula is C23H19FINO4S. The first kappa shape index (κ1) is 21.8. The van der Waals surface area contributed by atoms with Crippen molar-refractivity contribution in [1.29, 1.82) is 0 Å². The Bertz CT molecular complexity index is 1150. The van der Waals surface area contributed by atoms with Crippen molar-refractivity contribution in [2.75, 3.05) is 12.4 Å². The lowest BCUT2D eigenvalue weighted by molar-refractivity contribution is 0.0800. The summed E-state index contributed by atoms with van der Waals surface area (Å²) in [5, 5.41) is 5.06. The third kappa shape index (κ3) is 4.45. The number of fused-ring (bicyclic) bond motifs is 1. The summed E-state index contributed by atoms with van der Waals surface area (Å²) in [4.78, 5) is 25.3. The Hall–Kier alpha value is -2.46. The van der Waals surface area contributed by atoms with E-state index in [9.17, 15) is 14.0 Å². The Morgan fingerprint density at radius 2 is 1.97 bits per heavy atom. The maximum absolute atomic E-state index is 14.0. The largest absolute Gasteiger partial charge is 0.494 e. The number of halogens is 2. The molecule has 1 unspecified atom stereocenters. The molecule has 0 spiro atoms. The summed E-state index contributed by atoms with van der Waals surface area (Å²) in [5.41, 5.74) is 3.98. The van der Waals surface area contributed by atoms with Crippen LogP contribution in [0.2, 0.25) is 0 Å². The number of nitrogens with one attached hydrogen (secondary N) is 1. The van der Waals surface area contributed by atoms with Crippen molar-refractivity contribution in [2.45, 2.75) is 25.2 Å². The molecule has 1 aliphatic rings. The monoisotopic (exact) mass is 551 g/mol. The van der Waals surface area contributed by atoms with Crippen LogP contribution in [0.4, 0.5) is 9.39 Å². The molecule has 0 bridgehead atoms. The smallest absolute Gasteiger partial charge is 0.350 e. The Labute approximate surface area is 197 Å². The number of benzene rings is 2. The Morgan fingerprint density at radius 3 is 2.68 bits per heavy atom. The first-order valence-electron chi connectivity index (χ1n) is 9.67. The predicted octanol–water partition coefficient (Wildman–Crippen LogP) is 5.93. The van der Waals surface area contributed by atoms with E-state index in [4.69, 9.17) is 7.80 Å². The average Bonchev–Trinajstić information content (AvgIpc) is 3.21. The summed E-state index contributed by atoms with van der Waals surface area (Å²) >= 11 is 2.83. The van der Waals surface area contributed by atoms with Gasteiger partial charge >= 0.3 is 5.97 Å². The number of anilines is 1. The third-order valence-corrected chi connectivity index (χ3v) is 6.84. The molecular weight excluding hydrogens is 532 g/mol. The number of rotatable bonds is 5. The molecule has 0 aliphatic heterocycles. The molecule has 5 nitrogen and oxygen atoms in total. The lowest BCUT2D eigenvalue weighted by Gasteiger charge is -2.25. The van der Waals surface area contributed by atoms with Crippen LogP contribution in [-0.4, -0.2) is 19.0 Å². The highest BCUT2D eigenvalue weighted by atomic mass is 127. The van der Waals surface area contributed by atoms with Crippen molar-refractivity contribution in [1.82, 2.24) is 0 Å². The van der Waals surface area contributed by atoms with Crippen LogP contribution in [0.1, 0.15) is 49.7 Å². The molecule has 0 fully saturated rings. The summed E-state index contributed by atoms with van der Waals surface area (Å²) in [6, 6.07) is 12.3. The number of hydrogen-bond acceptors (Lipinski definition) is 5. The first-order chi connectivity index (χ1) is 15.0. The number of methoxy groups -OCH3 is 1. The SMILES string of the molecule is COc1ccc(C(=O)Nc2scc(C3CCc4ccccc4C3)c2C(=O)OI)cc1F. The highest BCUT2D eigenvalue weighted by Gasteiger charge is 2.29. The minimum atomic E-state index is -0.630. The molecule has 0 saturated heterocycles. The van der Waals surface area contributed by atoms with Crippen LogP contribution in [0.5, 0.6) is 5.75 Å². The Balaban J connectivity index is 1.62. The van der Waals surface area contributed by atoms with Gasteiger partial charge in [0, 0.05) is 5.56 Å². The van der Waals surface area contributed by atoms with Crippen molar-refractivity contribution in [3.63, 3.8) is 0 Å². The van der Waals surface area contributed by atoms with Gasteiger partial charge in [0.2, 0.25) is 0 Å². The minimum absolute atomic E-state index is 0.0571. The second-order valence-corrected chi connectivity index (χ2v) is 8.59. The van der Waals surface area contributed by atoms with Gasteiger partial charge in [-0.1, -0.05) is 24.3 Å². The van der Waals surface area contributed by atoms with Crippen LogP contribution in [0.15, 0.2) is 47.8 Å². The van der Waals surface area contributed by atoms with Gasteiger partial charge in [-0.25, -0.2) is 9.18 Å².